The van der Waals surface area contributed by atoms with Crippen molar-refractivity contribution in [1.82, 2.24) is 15.2 Å². The molecular formula is C18H18N6O. The molecule has 0 fully saturated rings. The Morgan fingerprint density at radius 2 is 2.28 bits per heavy atom. The molecule has 1 aliphatic heterocycles. The molecule has 126 valence electrons. The number of hydrogen-bond acceptors (Lipinski definition) is 6. The minimum Gasteiger partial charge on any atom is -0.396 e. The first kappa shape index (κ1) is 16.5. The lowest BCUT2D eigenvalue weighted by Crippen LogP contribution is -2.26. The van der Waals surface area contributed by atoms with E-state index in [0.29, 0.717) is 12.2 Å². The van der Waals surface area contributed by atoms with Crippen LogP contribution >= 0.6 is 0 Å². The zero-order valence-electron chi connectivity index (χ0n) is 13.8. The van der Waals surface area contributed by atoms with Crippen molar-refractivity contribution in [2.75, 3.05) is 12.3 Å². The van der Waals surface area contributed by atoms with Gasteiger partial charge in [0.25, 0.3) is 5.91 Å². The summed E-state index contributed by atoms with van der Waals surface area (Å²) in [5, 5.41) is 13.6. The Bertz CT molecular complexity index is 912. The fourth-order valence-electron chi connectivity index (χ4n) is 2.78. The van der Waals surface area contributed by atoms with Gasteiger partial charge in [-0.2, -0.15) is 5.26 Å². The highest BCUT2D eigenvalue weighted by molar-refractivity contribution is 6.06. The minimum absolute atomic E-state index is 0.215. The van der Waals surface area contributed by atoms with Gasteiger partial charge in [0.1, 0.15) is 6.04 Å². The molecule has 2 aromatic rings. The van der Waals surface area contributed by atoms with Crippen LogP contribution in [0.5, 0.6) is 0 Å². The number of benzene rings is 1. The van der Waals surface area contributed by atoms with E-state index >= 15 is 0 Å². The van der Waals surface area contributed by atoms with Gasteiger partial charge in [-0.3, -0.25) is 14.7 Å². The molecule has 1 atom stereocenters. The molecule has 2 heterocycles. The first-order valence-corrected chi connectivity index (χ1v) is 8.00. The Labute approximate surface area is 145 Å². The van der Waals surface area contributed by atoms with Crippen molar-refractivity contribution in [2.24, 2.45) is 4.99 Å². The topological polar surface area (TPSA) is 107 Å². The number of nitriles is 1. The predicted molar refractivity (Wildman–Crippen MR) is 96.6 cm³/mol. The number of nitrogens with zero attached hydrogens (tertiary/aromatic N) is 4. The summed E-state index contributed by atoms with van der Waals surface area (Å²) in [5.74, 6) is -0.285. The second-order valence-electron chi connectivity index (χ2n) is 5.63. The second kappa shape index (κ2) is 7.01. The number of carbonyl (C=O) groups is 1. The van der Waals surface area contributed by atoms with Gasteiger partial charge in [0.2, 0.25) is 0 Å². The molecule has 0 bridgehead atoms. The number of hydrogen-bond donors (Lipinski definition) is 2. The zero-order valence-corrected chi connectivity index (χ0v) is 13.8. The van der Waals surface area contributed by atoms with Gasteiger partial charge in [0.15, 0.2) is 11.9 Å². The molecule has 1 aromatic heterocycles. The average molecular weight is 334 g/mol. The molecule has 1 unspecified atom stereocenters. The predicted octanol–water partition coefficient (Wildman–Crippen LogP) is 2.34. The average Bonchev–Trinajstić information content (AvgIpc) is 2.66. The summed E-state index contributed by atoms with van der Waals surface area (Å²) in [6.07, 6.45) is 9.46. The third-order valence-corrected chi connectivity index (χ3v) is 4.03. The van der Waals surface area contributed by atoms with Crippen LogP contribution in [0.15, 0.2) is 41.8 Å². The molecule has 0 aliphatic carbocycles. The Kier molecular flexibility index (Phi) is 4.61. The molecule has 7 nitrogen and oxygen atoms in total. The largest absolute Gasteiger partial charge is 0.396 e. The number of nitrogen functional groups attached to an aromatic ring is 1. The molecule has 3 N–H and O–H groups in total. The molecule has 1 amide bonds. The number of amides is 1. The number of nitrogens with two attached hydrogens (primary N) is 1. The molecule has 0 spiro atoms. The quantitative estimate of drug-likeness (QED) is 0.834. The number of anilines is 1. The highest BCUT2D eigenvalue weighted by Crippen LogP contribution is 2.31. The number of nitrogens with one attached hydrogen (secondary N) is 1. The van der Waals surface area contributed by atoms with Crippen LogP contribution in [0, 0.1) is 11.5 Å². The van der Waals surface area contributed by atoms with Crippen molar-refractivity contribution < 1.29 is 4.79 Å². The monoisotopic (exact) mass is 334 g/mol. The number of rotatable bonds is 4. The highest BCUT2D eigenvalue weighted by Gasteiger charge is 2.22. The van der Waals surface area contributed by atoms with Crippen molar-refractivity contribution in [3.8, 4) is 6.19 Å². The smallest absolute Gasteiger partial charge is 0.272 e. The molecule has 1 aliphatic rings. The third kappa shape index (κ3) is 3.02. The van der Waals surface area contributed by atoms with E-state index in [-0.39, 0.29) is 17.6 Å². The lowest BCUT2D eigenvalue weighted by Gasteiger charge is -2.24. The summed E-state index contributed by atoms with van der Waals surface area (Å²) >= 11 is 0. The molecule has 0 radical (unpaired) electrons. The van der Waals surface area contributed by atoms with Gasteiger partial charge in [-0.25, -0.2) is 4.98 Å². The van der Waals surface area contributed by atoms with Gasteiger partial charge in [-0.05, 0) is 12.0 Å². The molecular weight excluding hydrogens is 316 g/mol. The molecule has 0 saturated carbocycles. The van der Waals surface area contributed by atoms with E-state index in [1.807, 2.05) is 25.1 Å². The van der Waals surface area contributed by atoms with Crippen LogP contribution in [0.4, 0.5) is 5.69 Å². The summed E-state index contributed by atoms with van der Waals surface area (Å²) in [6.45, 7) is 2.55. The first-order chi connectivity index (χ1) is 12.2. The SMILES string of the molecule is CCCNC(=O)c1ncc2c(C3C=NC=CN3C#N)cccc2c1N. The van der Waals surface area contributed by atoms with Crippen LogP contribution < -0.4 is 11.1 Å². The number of aromatic nitrogens is 1. The van der Waals surface area contributed by atoms with E-state index in [4.69, 9.17) is 5.73 Å². The van der Waals surface area contributed by atoms with Crippen LogP contribution in [0.2, 0.25) is 0 Å². The van der Waals surface area contributed by atoms with Crippen molar-refractivity contribution >= 4 is 28.6 Å². The van der Waals surface area contributed by atoms with Crippen LogP contribution in [0.25, 0.3) is 10.8 Å². The van der Waals surface area contributed by atoms with Gasteiger partial charge in [0, 0.05) is 42.1 Å². The Balaban J connectivity index is 2.08. The van der Waals surface area contributed by atoms with Crippen LogP contribution in [0.3, 0.4) is 0 Å². The normalized spacial score (nSPS) is 16.0. The molecule has 25 heavy (non-hydrogen) atoms. The third-order valence-electron chi connectivity index (χ3n) is 4.03. The number of pyridine rings is 1. The van der Waals surface area contributed by atoms with Crippen molar-refractivity contribution in [2.45, 2.75) is 19.4 Å². The molecule has 1 aromatic carbocycles. The summed E-state index contributed by atoms with van der Waals surface area (Å²) in [4.78, 5) is 22.1. The van der Waals surface area contributed by atoms with E-state index in [2.05, 4.69) is 21.5 Å². The van der Waals surface area contributed by atoms with Crippen molar-refractivity contribution in [3.05, 3.63) is 48.1 Å². The summed E-state index contributed by atoms with van der Waals surface area (Å²) < 4.78 is 0. The van der Waals surface area contributed by atoms with Gasteiger partial charge >= 0.3 is 0 Å². The van der Waals surface area contributed by atoms with Gasteiger partial charge in [-0.1, -0.05) is 25.1 Å². The van der Waals surface area contributed by atoms with E-state index < -0.39 is 0 Å². The van der Waals surface area contributed by atoms with E-state index in [9.17, 15) is 10.1 Å². The van der Waals surface area contributed by atoms with Gasteiger partial charge in [0.05, 0.1) is 5.69 Å². The van der Waals surface area contributed by atoms with Crippen LogP contribution in [-0.4, -0.2) is 28.6 Å². The first-order valence-electron chi connectivity index (χ1n) is 8.00. The van der Waals surface area contributed by atoms with Gasteiger partial charge < -0.3 is 11.1 Å². The Morgan fingerprint density at radius 3 is 3.04 bits per heavy atom. The maximum atomic E-state index is 12.2. The second-order valence-corrected chi connectivity index (χ2v) is 5.63. The van der Waals surface area contributed by atoms with E-state index in [1.165, 1.54) is 4.90 Å². The summed E-state index contributed by atoms with van der Waals surface area (Å²) in [7, 11) is 0. The number of aliphatic imine (C=N–C) groups is 1. The lowest BCUT2D eigenvalue weighted by molar-refractivity contribution is 0.0950. The molecule has 3 rings (SSSR count). The maximum Gasteiger partial charge on any atom is 0.272 e. The van der Waals surface area contributed by atoms with E-state index in [0.717, 1.165) is 22.8 Å². The fourth-order valence-corrected chi connectivity index (χ4v) is 2.78. The minimum atomic E-state index is -0.334. The van der Waals surface area contributed by atoms with Crippen molar-refractivity contribution in [3.63, 3.8) is 0 Å². The standard InChI is InChI=1S/C18H18N6O/c1-2-6-22-18(25)17-16(20)13-5-3-4-12(14(13)9-23-17)15-10-21-7-8-24(15)11-19/h3-5,7-10,15H,2,6,20H2,1H3,(H,22,25). The van der Waals surface area contributed by atoms with Crippen molar-refractivity contribution in [1.29, 1.82) is 5.26 Å². The van der Waals surface area contributed by atoms with Gasteiger partial charge in [-0.15, -0.1) is 0 Å². The zero-order chi connectivity index (χ0) is 17.8. The summed E-state index contributed by atoms with van der Waals surface area (Å²) in [5.41, 5.74) is 7.61. The lowest BCUT2D eigenvalue weighted by atomic mass is 9.98. The van der Waals surface area contributed by atoms with E-state index in [1.54, 1.807) is 24.8 Å². The van der Waals surface area contributed by atoms with Crippen LogP contribution in [0.1, 0.15) is 35.4 Å². The summed E-state index contributed by atoms with van der Waals surface area (Å²) in [6, 6.07) is 5.27. The Hall–Kier alpha value is -3.40. The highest BCUT2D eigenvalue weighted by atomic mass is 16.1. The number of carbonyl (C=O) groups excluding carboxylic acids is 1. The fraction of sp³-hybridized carbons (Fsp3) is 0.222. The molecule has 0 saturated heterocycles. The number of fused-ring (bicyclic) bond motifs is 1. The Morgan fingerprint density at radius 1 is 1.44 bits per heavy atom. The maximum absolute atomic E-state index is 12.2. The molecule has 7 heteroatoms. The van der Waals surface area contributed by atoms with Crippen LogP contribution in [-0.2, 0) is 0 Å².